The standard InChI is InChI=1S/C15H21NO2/c17-14(9-12-3-1-7-16-11-12)13-4-8-18-15(10-13)5-2-6-15/h1,3,7,11,13-14,17H,2,4-6,8-10H2. The van der Waals surface area contributed by atoms with E-state index in [1.54, 1.807) is 6.20 Å². The lowest BCUT2D eigenvalue weighted by Gasteiger charge is -2.48. The lowest BCUT2D eigenvalue weighted by atomic mass is 9.70. The highest BCUT2D eigenvalue weighted by Crippen LogP contribution is 2.45. The van der Waals surface area contributed by atoms with Crippen molar-refractivity contribution in [3.63, 3.8) is 0 Å². The third-order valence-electron chi connectivity index (χ3n) is 4.51. The number of hydrogen-bond acceptors (Lipinski definition) is 3. The highest BCUT2D eigenvalue weighted by molar-refractivity contribution is 5.10. The summed E-state index contributed by atoms with van der Waals surface area (Å²) in [7, 11) is 0. The molecule has 18 heavy (non-hydrogen) atoms. The second kappa shape index (κ2) is 4.98. The average molecular weight is 247 g/mol. The van der Waals surface area contributed by atoms with E-state index in [2.05, 4.69) is 4.98 Å². The van der Waals surface area contributed by atoms with E-state index >= 15 is 0 Å². The first kappa shape index (κ1) is 12.1. The molecule has 0 radical (unpaired) electrons. The summed E-state index contributed by atoms with van der Waals surface area (Å²) < 4.78 is 5.91. The first-order valence-electron chi connectivity index (χ1n) is 6.98. The van der Waals surface area contributed by atoms with Gasteiger partial charge in [-0.15, -0.1) is 0 Å². The first-order valence-corrected chi connectivity index (χ1v) is 6.98. The molecule has 1 aliphatic carbocycles. The Morgan fingerprint density at radius 3 is 3.06 bits per heavy atom. The molecule has 2 heterocycles. The quantitative estimate of drug-likeness (QED) is 0.891. The molecule has 0 amide bonds. The van der Waals surface area contributed by atoms with Gasteiger partial charge in [-0.2, -0.15) is 0 Å². The molecule has 1 aromatic heterocycles. The summed E-state index contributed by atoms with van der Waals surface area (Å²) >= 11 is 0. The third-order valence-corrected chi connectivity index (χ3v) is 4.51. The van der Waals surface area contributed by atoms with Gasteiger partial charge < -0.3 is 9.84 Å². The molecule has 1 N–H and O–H groups in total. The minimum absolute atomic E-state index is 0.124. The maximum absolute atomic E-state index is 10.4. The Kier molecular flexibility index (Phi) is 3.35. The van der Waals surface area contributed by atoms with Gasteiger partial charge in [0, 0.05) is 25.4 Å². The maximum Gasteiger partial charge on any atom is 0.0686 e. The predicted octanol–water partition coefficient (Wildman–Crippen LogP) is 2.33. The second-order valence-corrected chi connectivity index (χ2v) is 5.77. The molecule has 1 saturated carbocycles. The van der Waals surface area contributed by atoms with Crippen molar-refractivity contribution in [2.75, 3.05) is 6.61 Å². The Balaban J connectivity index is 1.60. The second-order valence-electron chi connectivity index (χ2n) is 5.77. The number of pyridine rings is 1. The molecular formula is C15H21NO2. The molecule has 3 rings (SSSR count). The van der Waals surface area contributed by atoms with Crippen LogP contribution in [0, 0.1) is 5.92 Å². The van der Waals surface area contributed by atoms with Crippen molar-refractivity contribution >= 4 is 0 Å². The van der Waals surface area contributed by atoms with E-state index in [1.165, 1.54) is 19.3 Å². The molecule has 0 bridgehead atoms. The van der Waals surface area contributed by atoms with Crippen molar-refractivity contribution in [2.45, 2.75) is 50.2 Å². The molecule has 98 valence electrons. The van der Waals surface area contributed by atoms with Gasteiger partial charge in [0.2, 0.25) is 0 Å². The number of ether oxygens (including phenoxy) is 1. The highest BCUT2D eigenvalue weighted by Gasteiger charge is 2.43. The van der Waals surface area contributed by atoms with Gasteiger partial charge in [0.15, 0.2) is 0 Å². The smallest absolute Gasteiger partial charge is 0.0686 e. The summed E-state index contributed by atoms with van der Waals surface area (Å²) in [5.41, 5.74) is 1.25. The van der Waals surface area contributed by atoms with E-state index in [9.17, 15) is 5.11 Å². The SMILES string of the molecule is OC(Cc1cccnc1)C1CCOC2(CCC2)C1. The molecule has 2 aliphatic rings. The molecule has 2 atom stereocenters. The van der Waals surface area contributed by atoms with Crippen molar-refractivity contribution in [1.82, 2.24) is 4.98 Å². The zero-order valence-corrected chi connectivity index (χ0v) is 10.7. The monoisotopic (exact) mass is 247 g/mol. The molecule has 3 heteroatoms. The van der Waals surface area contributed by atoms with Crippen molar-refractivity contribution < 1.29 is 9.84 Å². The number of aromatic nitrogens is 1. The zero-order valence-electron chi connectivity index (χ0n) is 10.7. The van der Waals surface area contributed by atoms with Gasteiger partial charge in [0.1, 0.15) is 0 Å². The minimum atomic E-state index is -0.254. The van der Waals surface area contributed by atoms with Crippen LogP contribution in [0.3, 0.4) is 0 Å². The average Bonchev–Trinajstić information content (AvgIpc) is 2.38. The summed E-state index contributed by atoms with van der Waals surface area (Å²) in [6.07, 6.45) is 9.76. The molecule has 1 saturated heterocycles. The van der Waals surface area contributed by atoms with Gasteiger partial charge in [-0.25, -0.2) is 0 Å². The molecule has 1 spiro atoms. The third kappa shape index (κ3) is 2.43. The number of nitrogens with zero attached hydrogens (tertiary/aromatic N) is 1. The topological polar surface area (TPSA) is 42.4 Å². The largest absolute Gasteiger partial charge is 0.392 e. The molecule has 1 aliphatic heterocycles. The van der Waals surface area contributed by atoms with Gasteiger partial charge in [-0.1, -0.05) is 6.07 Å². The lowest BCUT2D eigenvalue weighted by molar-refractivity contribution is -0.156. The Hall–Kier alpha value is -0.930. The van der Waals surface area contributed by atoms with Gasteiger partial charge in [-0.3, -0.25) is 4.98 Å². The van der Waals surface area contributed by atoms with E-state index < -0.39 is 0 Å². The first-order chi connectivity index (χ1) is 8.77. The van der Waals surface area contributed by atoms with Crippen LogP contribution in [0.25, 0.3) is 0 Å². The molecular weight excluding hydrogens is 226 g/mol. The number of aliphatic hydroxyl groups is 1. The van der Waals surface area contributed by atoms with Gasteiger partial charge in [-0.05, 0) is 49.7 Å². The zero-order chi connectivity index (χ0) is 12.4. The predicted molar refractivity (Wildman–Crippen MR) is 69.2 cm³/mol. The van der Waals surface area contributed by atoms with Crippen LogP contribution in [-0.2, 0) is 11.2 Å². The van der Waals surface area contributed by atoms with E-state index in [4.69, 9.17) is 4.74 Å². The van der Waals surface area contributed by atoms with Crippen LogP contribution in [0.5, 0.6) is 0 Å². The van der Waals surface area contributed by atoms with Crippen LogP contribution >= 0.6 is 0 Å². The van der Waals surface area contributed by atoms with Crippen LogP contribution in [0.2, 0.25) is 0 Å². The Bertz CT molecular complexity index is 389. The maximum atomic E-state index is 10.4. The van der Waals surface area contributed by atoms with Crippen molar-refractivity contribution in [3.8, 4) is 0 Å². The van der Waals surface area contributed by atoms with Crippen molar-refractivity contribution in [3.05, 3.63) is 30.1 Å². The van der Waals surface area contributed by atoms with Gasteiger partial charge in [0.05, 0.1) is 11.7 Å². The number of hydrogen-bond donors (Lipinski definition) is 1. The molecule has 1 aromatic rings. The minimum Gasteiger partial charge on any atom is -0.392 e. The summed E-state index contributed by atoms with van der Waals surface area (Å²) in [6.45, 7) is 0.814. The molecule has 3 nitrogen and oxygen atoms in total. The van der Waals surface area contributed by atoms with Crippen LogP contribution in [0.4, 0.5) is 0 Å². The summed E-state index contributed by atoms with van der Waals surface area (Å²) in [6, 6.07) is 3.97. The fraction of sp³-hybridized carbons (Fsp3) is 0.667. The number of aliphatic hydroxyl groups excluding tert-OH is 1. The van der Waals surface area contributed by atoms with E-state index in [1.807, 2.05) is 18.3 Å². The Labute approximate surface area is 108 Å². The van der Waals surface area contributed by atoms with Crippen LogP contribution in [-0.4, -0.2) is 28.4 Å². The number of rotatable bonds is 3. The molecule has 0 aromatic carbocycles. The van der Waals surface area contributed by atoms with Crippen molar-refractivity contribution in [1.29, 1.82) is 0 Å². The fourth-order valence-electron chi connectivity index (χ4n) is 3.24. The molecule has 2 fully saturated rings. The van der Waals surface area contributed by atoms with E-state index in [0.29, 0.717) is 12.3 Å². The van der Waals surface area contributed by atoms with Gasteiger partial charge in [0.25, 0.3) is 0 Å². The van der Waals surface area contributed by atoms with Crippen LogP contribution < -0.4 is 0 Å². The van der Waals surface area contributed by atoms with Crippen molar-refractivity contribution in [2.24, 2.45) is 5.92 Å². The Morgan fingerprint density at radius 1 is 1.50 bits per heavy atom. The van der Waals surface area contributed by atoms with E-state index in [0.717, 1.165) is 25.0 Å². The van der Waals surface area contributed by atoms with Crippen LogP contribution in [0.15, 0.2) is 24.5 Å². The van der Waals surface area contributed by atoms with Gasteiger partial charge >= 0.3 is 0 Å². The van der Waals surface area contributed by atoms with Crippen LogP contribution in [0.1, 0.15) is 37.7 Å². The Morgan fingerprint density at radius 2 is 2.39 bits per heavy atom. The van der Waals surface area contributed by atoms with E-state index in [-0.39, 0.29) is 11.7 Å². The summed E-state index contributed by atoms with van der Waals surface area (Å²) in [5.74, 6) is 0.388. The summed E-state index contributed by atoms with van der Waals surface area (Å²) in [5, 5.41) is 10.4. The normalized spacial score (nSPS) is 27.7. The molecule has 2 unspecified atom stereocenters. The summed E-state index contributed by atoms with van der Waals surface area (Å²) in [4.78, 5) is 4.10. The fourth-order valence-corrected chi connectivity index (χ4v) is 3.24. The lowest BCUT2D eigenvalue weighted by Crippen LogP contribution is -2.48. The highest BCUT2D eigenvalue weighted by atomic mass is 16.5.